The lowest BCUT2D eigenvalue weighted by Gasteiger charge is -2.47. The average Bonchev–Trinajstić information content (AvgIpc) is 2.54. The highest BCUT2D eigenvalue weighted by molar-refractivity contribution is 6.30. The fourth-order valence-corrected chi connectivity index (χ4v) is 4.13. The van der Waals surface area contributed by atoms with Crippen LogP contribution in [0.4, 0.5) is 15.8 Å². The summed E-state index contributed by atoms with van der Waals surface area (Å²) in [5.41, 5.74) is 2.87. The molecule has 2 aromatic carbocycles. The van der Waals surface area contributed by atoms with Gasteiger partial charge in [-0.25, -0.2) is 4.39 Å². The Kier molecular flexibility index (Phi) is 4.98. The summed E-state index contributed by atoms with van der Waals surface area (Å²) in [6, 6.07) is 8.15. The number of fused-ring (bicyclic) bond motifs is 1. The van der Waals surface area contributed by atoms with E-state index >= 15 is 0 Å². The monoisotopic (exact) mass is 374 g/mol. The van der Waals surface area contributed by atoms with E-state index in [1.807, 2.05) is 6.07 Å². The molecule has 0 saturated heterocycles. The first kappa shape index (κ1) is 18.7. The number of aliphatic imine (C=N–C) groups is 1. The molecule has 0 amide bonds. The molecule has 2 aromatic rings. The molecule has 0 saturated carbocycles. The Balaban J connectivity index is 2.01. The highest BCUT2D eigenvalue weighted by atomic mass is 35.5. The van der Waals surface area contributed by atoms with Gasteiger partial charge in [-0.05, 0) is 62.9 Å². The van der Waals surface area contributed by atoms with Crippen molar-refractivity contribution in [2.24, 2.45) is 4.99 Å². The summed E-state index contributed by atoms with van der Waals surface area (Å²) in [5, 5.41) is 10.3. The normalized spacial score (nSPS) is 19.0. The lowest BCUT2D eigenvalue weighted by atomic mass is 9.79. The molecule has 0 bridgehead atoms. The molecule has 0 spiro atoms. The van der Waals surface area contributed by atoms with Crippen molar-refractivity contribution >= 4 is 29.2 Å². The van der Waals surface area contributed by atoms with Gasteiger partial charge in [0, 0.05) is 40.6 Å². The molecule has 1 atom stereocenters. The van der Waals surface area contributed by atoms with Gasteiger partial charge in [-0.15, -0.1) is 0 Å². The summed E-state index contributed by atoms with van der Waals surface area (Å²) < 4.78 is 14.7. The van der Waals surface area contributed by atoms with Crippen molar-refractivity contribution < 1.29 is 9.50 Å². The van der Waals surface area contributed by atoms with Gasteiger partial charge < -0.3 is 10.0 Å². The molecule has 3 nitrogen and oxygen atoms in total. The van der Waals surface area contributed by atoms with Gasteiger partial charge in [-0.3, -0.25) is 4.99 Å². The lowest BCUT2D eigenvalue weighted by molar-refractivity contribution is 0.380. The van der Waals surface area contributed by atoms with E-state index in [4.69, 9.17) is 11.6 Å². The van der Waals surface area contributed by atoms with Crippen LogP contribution in [0.1, 0.15) is 51.2 Å². The van der Waals surface area contributed by atoms with Crippen molar-refractivity contribution in [2.75, 3.05) is 11.4 Å². The maximum Gasteiger partial charge on any atom is 0.142 e. The quantitative estimate of drug-likeness (QED) is 0.664. The van der Waals surface area contributed by atoms with Gasteiger partial charge in [-0.1, -0.05) is 18.5 Å². The van der Waals surface area contributed by atoms with Crippen LogP contribution in [0.3, 0.4) is 0 Å². The second-order valence-corrected chi connectivity index (χ2v) is 7.92. The van der Waals surface area contributed by atoms with Crippen molar-refractivity contribution in [3.63, 3.8) is 0 Å². The molecule has 1 N–H and O–H groups in total. The Morgan fingerprint density at radius 1 is 1.35 bits per heavy atom. The minimum atomic E-state index is -0.315. The zero-order chi connectivity index (χ0) is 19.1. The van der Waals surface area contributed by atoms with E-state index in [2.05, 4.69) is 37.6 Å². The highest BCUT2D eigenvalue weighted by Crippen LogP contribution is 2.44. The number of hydrogen-bond acceptors (Lipinski definition) is 3. The maximum atomic E-state index is 14.7. The Labute approximate surface area is 159 Å². The molecule has 1 aliphatic heterocycles. The first-order valence-electron chi connectivity index (χ1n) is 8.86. The summed E-state index contributed by atoms with van der Waals surface area (Å²) in [4.78, 5) is 6.49. The zero-order valence-electron chi connectivity index (χ0n) is 15.6. The molecule has 1 aliphatic rings. The SMILES string of the molecule is CCN1c2cc(F)c(C=Nc3ccc(Cl)cc3O)cc2C(C)CC1(C)C. The zero-order valence-corrected chi connectivity index (χ0v) is 16.3. The van der Waals surface area contributed by atoms with Gasteiger partial charge in [0.1, 0.15) is 17.3 Å². The summed E-state index contributed by atoms with van der Waals surface area (Å²) in [6.45, 7) is 9.51. The lowest BCUT2D eigenvalue weighted by Crippen LogP contribution is -2.48. The number of benzene rings is 2. The van der Waals surface area contributed by atoms with Crippen LogP contribution in [0.15, 0.2) is 35.3 Å². The second kappa shape index (κ2) is 6.92. The van der Waals surface area contributed by atoms with Crippen LogP contribution in [0.2, 0.25) is 5.02 Å². The molecule has 3 rings (SSSR count). The molecule has 1 unspecified atom stereocenters. The van der Waals surface area contributed by atoms with Gasteiger partial charge in [0.15, 0.2) is 0 Å². The Morgan fingerprint density at radius 3 is 2.73 bits per heavy atom. The fraction of sp³-hybridized carbons (Fsp3) is 0.381. The number of phenolic OH excluding ortho intramolecular Hbond substituents is 1. The topological polar surface area (TPSA) is 35.8 Å². The Hall–Kier alpha value is -2.07. The largest absolute Gasteiger partial charge is 0.506 e. The second-order valence-electron chi connectivity index (χ2n) is 7.49. The van der Waals surface area contributed by atoms with Gasteiger partial charge in [-0.2, -0.15) is 0 Å². The van der Waals surface area contributed by atoms with Gasteiger partial charge >= 0.3 is 0 Å². The third-order valence-electron chi connectivity index (χ3n) is 5.10. The maximum absolute atomic E-state index is 14.7. The summed E-state index contributed by atoms with van der Waals surface area (Å²) in [7, 11) is 0. The summed E-state index contributed by atoms with van der Waals surface area (Å²) in [5.74, 6) is -0.0109. The van der Waals surface area contributed by atoms with Crippen LogP contribution in [0.25, 0.3) is 0 Å². The van der Waals surface area contributed by atoms with Crippen molar-refractivity contribution in [3.05, 3.63) is 52.3 Å². The van der Waals surface area contributed by atoms with Crippen molar-refractivity contribution in [1.29, 1.82) is 0 Å². The third kappa shape index (κ3) is 3.43. The number of anilines is 1. The number of halogens is 2. The van der Waals surface area contributed by atoms with Crippen molar-refractivity contribution in [3.8, 4) is 5.75 Å². The number of aromatic hydroxyl groups is 1. The summed E-state index contributed by atoms with van der Waals surface area (Å²) in [6.07, 6.45) is 2.47. The third-order valence-corrected chi connectivity index (χ3v) is 5.34. The van der Waals surface area contributed by atoms with E-state index in [1.54, 1.807) is 18.2 Å². The van der Waals surface area contributed by atoms with Crippen LogP contribution in [0, 0.1) is 5.82 Å². The highest BCUT2D eigenvalue weighted by Gasteiger charge is 2.36. The minimum absolute atomic E-state index is 0.00168. The van der Waals surface area contributed by atoms with Gasteiger partial charge in [0.25, 0.3) is 0 Å². The number of hydrogen-bond donors (Lipinski definition) is 1. The van der Waals surface area contributed by atoms with Crippen LogP contribution >= 0.6 is 11.6 Å². The predicted octanol–water partition coefficient (Wildman–Crippen LogP) is 6.05. The van der Waals surface area contributed by atoms with Crippen LogP contribution in [-0.4, -0.2) is 23.4 Å². The summed E-state index contributed by atoms with van der Waals surface area (Å²) >= 11 is 5.83. The molecule has 0 aliphatic carbocycles. The molecule has 0 radical (unpaired) electrons. The smallest absolute Gasteiger partial charge is 0.142 e. The number of rotatable bonds is 3. The molecule has 26 heavy (non-hydrogen) atoms. The van der Waals surface area contributed by atoms with Crippen molar-refractivity contribution in [1.82, 2.24) is 0 Å². The van der Waals surface area contributed by atoms with E-state index < -0.39 is 0 Å². The number of nitrogens with zero attached hydrogens (tertiary/aromatic N) is 2. The molecular weight excluding hydrogens is 351 g/mol. The Morgan fingerprint density at radius 2 is 2.08 bits per heavy atom. The van der Waals surface area contributed by atoms with E-state index in [0.29, 0.717) is 22.2 Å². The van der Waals surface area contributed by atoms with E-state index in [9.17, 15) is 9.50 Å². The van der Waals surface area contributed by atoms with Crippen LogP contribution in [-0.2, 0) is 0 Å². The molecule has 0 fully saturated rings. The minimum Gasteiger partial charge on any atom is -0.506 e. The first-order chi connectivity index (χ1) is 12.2. The standard InChI is InChI=1S/C21H24ClFN2O/c1-5-25-19-10-17(23)14(8-16(19)13(2)11-21(25,3)4)12-24-18-7-6-15(22)9-20(18)26/h6-10,12-13,26H,5,11H2,1-4H3. The van der Waals surface area contributed by atoms with E-state index in [0.717, 1.165) is 24.2 Å². The number of phenols is 1. The molecule has 5 heteroatoms. The van der Waals surface area contributed by atoms with Gasteiger partial charge in [0.2, 0.25) is 0 Å². The van der Waals surface area contributed by atoms with Crippen LogP contribution in [0.5, 0.6) is 5.75 Å². The fourth-order valence-electron chi connectivity index (χ4n) is 3.96. The predicted molar refractivity (Wildman–Crippen MR) is 107 cm³/mol. The van der Waals surface area contributed by atoms with E-state index in [1.165, 1.54) is 12.3 Å². The molecule has 0 aromatic heterocycles. The van der Waals surface area contributed by atoms with Gasteiger partial charge in [0.05, 0.1) is 0 Å². The van der Waals surface area contributed by atoms with Crippen molar-refractivity contribution in [2.45, 2.75) is 45.6 Å². The molecule has 138 valence electrons. The average molecular weight is 375 g/mol. The Bertz CT molecular complexity index is 863. The first-order valence-corrected chi connectivity index (χ1v) is 9.24. The van der Waals surface area contributed by atoms with Crippen LogP contribution < -0.4 is 4.90 Å². The van der Waals surface area contributed by atoms with E-state index in [-0.39, 0.29) is 17.1 Å². The molecular formula is C21H24ClFN2O. The molecule has 1 heterocycles.